The third-order valence-electron chi connectivity index (χ3n) is 6.97. The summed E-state index contributed by atoms with van der Waals surface area (Å²) in [5, 5.41) is 19.3. The van der Waals surface area contributed by atoms with Gasteiger partial charge in [0, 0.05) is 0 Å². The van der Waals surface area contributed by atoms with Crippen LogP contribution in [-0.4, -0.2) is 46.0 Å². The van der Waals surface area contributed by atoms with E-state index >= 15 is 0 Å². The number of aromatic nitrogens is 6. The Kier molecular flexibility index (Phi) is 7.43. The fourth-order valence-electron chi connectivity index (χ4n) is 4.67. The first kappa shape index (κ1) is 27.5. The second kappa shape index (κ2) is 11.3. The molecule has 2 N–H and O–H groups in total. The number of carbonyl (C=O) groups is 1. The molecule has 10 nitrogen and oxygen atoms in total. The van der Waals surface area contributed by atoms with Gasteiger partial charge in [-0.3, -0.25) is 0 Å². The van der Waals surface area contributed by atoms with E-state index in [9.17, 15) is 14.0 Å². The molecule has 6 rings (SSSR count). The predicted octanol–water partition coefficient (Wildman–Crippen LogP) is 3.70. The van der Waals surface area contributed by atoms with Crippen molar-refractivity contribution in [2.75, 3.05) is 0 Å². The van der Waals surface area contributed by atoms with Gasteiger partial charge in [0.15, 0.2) is 0 Å². The van der Waals surface area contributed by atoms with Gasteiger partial charge >= 0.3 is 251 Å². The van der Waals surface area contributed by atoms with Gasteiger partial charge in [-0.2, -0.15) is 0 Å². The van der Waals surface area contributed by atoms with Crippen molar-refractivity contribution >= 4 is 27.2 Å². The third-order valence-corrected chi connectivity index (χ3v) is 7.72. The van der Waals surface area contributed by atoms with Gasteiger partial charge in [0.2, 0.25) is 0 Å². The number of H-pyrrole nitrogens is 1. The van der Waals surface area contributed by atoms with Crippen LogP contribution in [0.15, 0.2) is 76.5 Å². The van der Waals surface area contributed by atoms with E-state index in [0.717, 1.165) is 59.8 Å². The zero-order valence-corrected chi connectivity index (χ0v) is 25.3. The van der Waals surface area contributed by atoms with Crippen LogP contribution >= 0.6 is 0 Å². The Bertz CT molecular complexity index is 1940. The number of halogens is 1. The monoisotopic (exact) mass is 731 g/mol. The van der Waals surface area contributed by atoms with Crippen LogP contribution in [0.3, 0.4) is 0 Å². The molecule has 0 spiro atoms. The van der Waals surface area contributed by atoms with Crippen LogP contribution in [-0.2, 0) is 32.8 Å². The average Bonchev–Trinajstić information content (AvgIpc) is 3.56. The van der Waals surface area contributed by atoms with E-state index in [1.165, 1.54) is 30.5 Å². The van der Waals surface area contributed by atoms with Crippen molar-refractivity contribution in [2.24, 2.45) is 12.0 Å². The fraction of sp³-hybridized carbons (Fsp3) is 0.167. The summed E-state index contributed by atoms with van der Waals surface area (Å²) in [5.74, 6) is -1.07. The molecule has 1 fully saturated rings. The molecule has 5 aromatic rings. The molecule has 1 saturated carbocycles. The number of fused-ring (bicyclic) bond motifs is 1. The summed E-state index contributed by atoms with van der Waals surface area (Å²) in [6.45, 7) is 6.36. The van der Waals surface area contributed by atoms with Crippen LogP contribution in [0.25, 0.3) is 33.2 Å². The first-order valence-corrected chi connectivity index (χ1v) is 14.6. The zero-order valence-electron chi connectivity index (χ0n) is 22.4. The Morgan fingerprint density at radius 2 is 2.00 bits per heavy atom. The third kappa shape index (κ3) is 5.73. The number of aromatic amines is 1. The van der Waals surface area contributed by atoms with E-state index < -0.39 is 17.2 Å². The van der Waals surface area contributed by atoms with E-state index in [1.54, 1.807) is 23.3 Å². The molecule has 1 amide bonds. The van der Waals surface area contributed by atoms with Gasteiger partial charge in [0.25, 0.3) is 0 Å². The molecule has 2 aromatic carbocycles. The first-order valence-electron chi connectivity index (χ1n) is 13.1. The molecule has 0 radical (unpaired) electrons. The first-order chi connectivity index (χ1) is 20.3. The van der Waals surface area contributed by atoms with Crippen molar-refractivity contribution < 1.29 is 28.5 Å². The number of nitrogens with zero attached hydrogens (tertiary/aromatic N) is 6. The molecule has 1 aliphatic carbocycles. The summed E-state index contributed by atoms with van der Waals surface area (Å²) in [7, 11) is 1.89. The standard InChI is InChI=1S/C30H24FN8O2.W/c1-18(9-20-10-21-15-36-38(2)27(21)11-25(20)22-13-34-35-14-22)12-32-17-33-30(41)28-29(40)26(16-39(37-28)24-7-8-24)19-3-5-23(31)6-4-19;/h1,3-6,10-16,24H,7-9H2,2H3,(H,33,41)(H,34,35);/q-1;. The van der Waals surface area contributed by atoms with Crippen LogP contribution in [0.5, 0.6) is 0 Å². The Hall–Kier alpha value is -4.63. The van der Waals surface area contributed by atoms with Gasteiger partial charge in [-0.15, -0.1) is 0 Å². The topological polar surface area (TPSA) is 123 Å². The summed E-state index contributed by atoms with van der Waals surface area (Å²) in [6, 6.07) is 9.80. The molecule has 1 aliphatic rings. The van der Waals surface area contributed by atoms with E-state index in [4.69, 9.17) is 6.58 Å². The number of aryl methyl sites for hydroxylation is 1. The Morgan fingerprint density at radius 3 is 2.71 bits per heavy atom. The van der Waals surface area contributed by atoms with Crippen molar-refractivity contribution in [3.8, 4) is 22.3 Å². The normalized spacial score (nSPS) is 13.1. The number of hydrogen-bond donors (Lipinski definition) is 2. The molecule has 12 heteroatoms. The minimum atomic E-state index is -0.664. The Morgan fingerprint density at radius 1 is 1.21 bits per heavy atom. The molecular weight excluding hydrogens is 707 g/mol. The maximum absolute atomic E-state index is 13.5. The van der Waals surface area contributed by atoms with Crippen LogP contribution < -0.4 is 10.7 Å². The molecule has 210 valence electrons. The van der Waals surface area contributed by atoms with Crippen LogP contribution in [0.2, 0.25) is 0 Å². The van der Waals surface area contributed by atoms with E-state index in [-0.39, 0.29) is 17.3 Å². The molecule has 0 atom stereocenters. The van der Waals surface area contributed by atoms with Gasteiger partial charge in [-0.25, -0.2) is 0 Å². The van der Waals surface area contributed by atoms with Crippen molar-refractivity contribution in [3.05, 3.63) is 101 Å². The molecule has 0 unspecified atom stereocenters. The Balaban J connectivity index is 1.19. The van der Waals surface area contributed by atoms with Gasteiger partial charge in [-0.05, 0) is 0 Å². The molecular formula is C30H24FN8O2W-. The second-order valence-electron chi connectivity index (χ2n) is 10.0. The number of nitrogens with one attached hydrogen (secondary N) is 2. The van der Waals surface area contributed by atoms with Crippen LogP contribution in [0.4, 0.5) is 4.39 Å². The van der Waals surface area contributed by atoms with Crippen LogP contribution in [0.1, 0.15) is 34.9 Å². The number of carbonyl (C=O) groups excluding carboxylic acids is 1. The van der Waals surface area contributed by atoms with Crippen molar-refractivity contribution in [1.29, 1.82) is 0 Å². The quantitative estimate of drug-likeness (QED) is 0.177. The molecule has 0 saturated heterocycles. The summed E-state index contributed by atoms with van der Waals surface area (Å²) in [6.07, 6.45) is 10.7. The number of rotatable bonds is 9. The number of benzene rings is 2. The molecule has 3 aromatic heterocycles. The van der Waals surface area contributed by atoms with Gasteiger partial charge < -0.3 is 0 Å². The predicted molar refractivity (Wildman–Crippen MR) is 153 cm³/mol. The van der Waals surface area contributed by atoms with E-state index in [0.29, 0.717) is 21.7 Å². The van der Waals surface area contributed by atoms with Gasteiger partial charge in [0.05, 0.1) is 0 Å². The van der Waals surface area contributed by atoms with E-state index in [2.05, 4.69) is 36.8 Å². The fourth-order valence-corrected chi connectivity index (χ4v) is 5.20. The zero-order chi connectivity index (χ0) is 29.4. The second-order valence-corrected chi connectivity index (χ2v) is 11.4. The Labute approximate surface area is 250 Å². The molecule has 42 heavy (non-hydrogen) atoms. The van der Waals surface area contributed by atoms with Gasteiger partial charge in [0.1, 0.15) is 0 Å². The van der Waals surface area contributed by atoms with Crippen LogP contribution in [0, 0.1) is 12.4 Å². The summed E-state index contributed by atoms with van der Waals surface area (Å²) in [5.41, 5.74) is 4.33. The molecule has 0 aliphatic heterocycles. The van der Waals surface area contributed by atoms with Crippen molar-refractivity contribution in [1.82, 2.24) is 35.1 Å². The minimum absolute atomic E-state index is 0.122. The van der Waals surface area contributed by atoms with Crippen molar-refractivity contribution in [3.63, 3.8) is 0 Å². The number of allylic oxidation sites excluding steroid dienone is 1. The number of amides is 1. The van der Waals surface area contributed by atoms with Gasteiger partial charge in [-0.1, -0.05) is 0 Å². The average molecular weight is 731 g/mol. The number of hydrogen-bond acceptors (Lipinski definition) is 6. The molecule has 0 bridgehead atoms. The van der Waals surface area contributed by atoms with E-state index in [1.807, 2.05) is 24.0 Å². The SMILES string of the molecule is [CH-]=C(C=N[C](=[W])NC(=O)c1nn(C2CC2)cc(-c2ccc(F)cc2)c1=O)Cc1cc2cnn(C)c2cc1-c1cn[nH]c1. The summed E-state index contributed by atoms with van der Waals surface area (Å²) < 4.78 is 17.3. The van der Waals surface area contributed by atoms with Crippen molar-refractivity contribution in [2.45, 2.75) is 25.3 Å². The summed E-state index contributed by atoms with van der Waals surface area (Å²) >= 11 is 0.871. The summed E-state index contributed by atoms with van der Waals surface area (Å²) in [4.78, 5) is 30.8. The number of aliphatic imine (C=N–C) groups is 1. The maximum atomic E-state index is 13.5. The molecule has 3 heterocycles.